The molecule has 0 saturated heterocycles. The zero-order chi connectivity index (χ0) is 13.9. The van der Waals surface area contributed by atoms with Crippen LogP contribution in [0.2, 0.25) is 0 Å². The lowest BCUT2D eigenvalue weighted by molar-refractivity contribution is 0.0938. The van der Waals surface area contributed by atoms with Crippen molar-refractivity contribution in [2.24, 2.45) is 0 Å². The molecule has 0 aliphatic rings. The maximum Gasteiger partial charge on any atom is 0.133 e. The minimum Gasteiger partial charge on any atom is -0.492 e. The van der Waals surface area contributed by atoms with Crippen LogP contribution in [0.4, 0.5) is 0 Å². The van der Waals surface area contributed by atoms with E-state index < -0.39 is 0 Å². The highest BCUT2D eigenvalue weighted by molar-refractivity contribution is 9.10. The Morgan fingerprint density at radius 3 is 2.79 bits per heavy atom. The summed E-state index contributed by atoms with van der Waals surface area (Å²) >= 11 is 3.52. The van der Waals surface area contributed by atoms with Crippen LogP contribution in [0.5, 0.6) is 5.75 Å². The van der Waals surface area contributed by atoms with E-state index in [-0.39, 0.29) is 6.61 Å². The van der Waals surface area contributed by atoms with Gasteiger partial charge >= 0.3 is 0 Å². The van der Waals surface area contributed by atoms with Crippen molar-refractivity contribution in [1.29, 1.82) is 0 Å². The second-order valence-electron chi connectivity index (χ2n) is 4.13. The molecule has 0 atom stereocenters. The van der Waals surface area contributed by atoms with E-state index in [4.69, 9.17) is 14.6 Å². The van der Waals surface area contributed by atoms with Crippen LogP contribution in [0.3, 0.4) is 0 Å². The molecule has 2 N–H and O–H groups in total. The summed E-state index contributed by atoms with van der Waals surface area (Å²) in [5.74, 6) is 0.886. The van der Waals surface area contributed by atoms with Gasteiger partial charge in [0.15, 0.2) is 0 Å². The molecular formula is C14H22BrNO3. The molecule has 0 amide bonds. The molecule has 5 heteroatoms. The molecule has 0 aliphatic heterocycles. The Bertz CT molecular complexity index is 361. The molecule has 1 aromatic carbocycles. The van der Waals surface area contributed by atoms with E-state index in [1.54, 1.807) is 0 Å². The van der Waals surface area contributed by atoms with Gasteiger partial charge in [-0.15, -0.1) is 0 Å². The Kier molecular flexibility index (Phi) is 8.82. The molecule has 0 aliphatic carbocycles. The van der Waals surface area contributed by atoms with Gasteiger partial charge in [0.25, 0.3) is 0 Å². The van der Waals surface area contributed by atoms with Crippen molar-refractivity contribution in [3.05, 3.63) is 28.2 Å². The first-order valence-corrected chi connectivity index (χ1v) is 7.37. The lowest BCUT2D eigenvalue weighted by Crippen LogP contribution is -2.20. The molecule has 0 radical (unpaired) electrons. The number of hydrogen-bond acceptors (Lipinski definition) is 4. The second kappa shape index (κ2) is 10.2. The molecular weight excluding hydrogens is 310 g/mol. The number of aliphatic hydroxyl groups is 1. The summed E-state index contributed by atoms with van der Waals surface area (Å²) in [7, 11) is 0. The van der Waals surface area contributed by atoms with Gasteiger partial charge in [0, 0.05) is 13.1 Å². The molecule has 0 bridgehead atoms. The highest BCUT2D eigenvalue weighted by atomic mass is 79.9. The number of ether oxygens (including phenoxy) is 2. The Morgan fingerprint density at radius 2 is 2.11 bits per heavy atom. The van der Waals surface area contributed by atoms with Crippen molar-refractivity contribution < 1.29 is 14.6 Å². The highest BCUT2D eigenvalue weighted by Gasteiger charge is 2.02. The molecule has 1 rings (SSSR count). The summed E-state index contributed by atoms with van der Waals surface area (Å²) in [4.78, 5) is 0. The molecule has 0 spiro atoms. The first kappa shape index (κ1) is 16.4. The van der Waals surface area contributed by atoms with Crippen molar-refractivity contribution in [3.63, 3.8) is 0 Å². The largest absolute Gasteiger partial charge is 0.492 e. The summed E-state index contributed by atoms with van der Waals surface area (Å²) in [5.41, 5.74) is 1.19. The van der Waals surface area contributed by atoms with Crippen LogP contribution in [-0.2, 0) is 11.3 Å². The van der Waals surface area contributed by atoms with Crippen LogP contribution >= 0.6 is 15.9 Å². The summed E-state index contributed by atoms with van der Waals surface area (Å²) < 4.78 is 11.7. The molecule has 1 aromatic rings. The van der Waals surface area contributed by atoms with E-state index in [9.17, 15) is 0 Å². The third-order valence-corrected chi connectivity index (χ3v) is 3.07. The van der Waals surface area contributed by atoms with Gasteiger partial charge in [-0.1, -0.05) is 13.0 Å². The van der Waals surface area contributed by atoms with E-state index in [1.807, 2.05) is 6.07 Å². The predicted molar refractivity (Wildman–Crippen MR) is 79.5 cm³/mol. The number of benzene rings is 1. The minimum atomic E-state index is 0.0756. The van der Waals surface area contributed by atoms with E-state index in [0.29, 0.717) is 13.2 Å². The van der Waals surface area contributed by atoms with Gasteiger partial charge in [-0.2, -0.15) is 0 Å². The smallest absolute Gasteiger partial charge is 0.133 e. The van der Waals surface area contributed by atoms with Gasteiger partial charge in [0.2, 0.25) is 0 Å². The van der Waals surface area contributed by atoms with Crippen LogP contribution in [0.15, 0.2) is 22.7 Å². The normalized spacial score (nSPS) is 10.7. The van der Waals surface area contributed by atoms with Gasteiger partial charge < -0.3 is 19.9 Å². The van der Waals surface area contributed by atoms with Crippen molar-refractivity contribution in [3.8, 4) is 5.75 Å². The molecule has 0 unspecified atom stereocenters. The first-order chi connectivity index (χ1) is 9.27. The number of halogens is 1. The summed E-state index contributed by atoms with van der Waals surface area (Å²) in [5, 5.41) is 11.8. The monoisotopic (exact) mass is 331 g/mol. The van der Waals surface area contributed by atoms with Crippen LogP contribution in [0, 0.1) is 0 Å². The Labute approximate surface area is 123 Å². The topological polar surface area (TPSA) is 50.7 Å². The molecule has 0 fully saturated rings. The van der Waals surface area contributed by atoms with Gasteiger partial charge in [-0.05, 0) is 40.0 Å². The average Bonchev–Trinajstić information content (AvgIpc) is 2.42. The molecule has 0 heterocycles. The summed E-state index contributed by atoms with van der Waals surface area (Å²) in [6, 6.07) is 6.10. The number of nitrogens with one attached hydrogen (secondary N) is 1. The van der Waals surface area contributed by atoms with E-state index in [2.05, 4.69) is 40.3 Å². The summed E-state index contributed by atoms with van der Waals surface area (Å²) in [6.07, 6.45) is 1.00. The van der Waals surface area contributed by atoms with Crippen LogP contribution < -0.4 is 10.1 Å². The van der Waals surface area contributed by atoms with E-state index in [0.717, 1.165) is 36.3 Å². The standard InChI is InChI=1S/C14H22BrNO3/c1-2-7-19-14-4-3-12(10-13(14)15)11-16-5-8-18-9-6-17/h3-4,10,16-17H,2,5-9,11H2,1H3. The Balaban J connectivity index is 2.29. The summed E-state index contributed by atoms with van der Waals surface area (Å²) in [6.45, 7) is 5.46. The number of hydrogen-bond donors (Lipinski definition) is 2. The first-order valence-electron chi connectivity index (χ1n) is 6.58. The predicted octanol–water partition coefficient (Wildman–Crippen LogP) is 2.34. The van der Waals surface area contributed by atoms with Crippen molar-refractivity contribution in [1.82, 2.24) is 5.32 Å². The van der Waals surface area contributed by atoms with Gasteiger partial charge in [-0.3, -0.25) is 0 Å². The molecule has 19 heavy (non-hydrogen) atoms. The fraction of sp³-hybridized carbons (Fsp3) is 0.571. The van der Waals surface area contributed by atoms with Crippen LogP contribution in [-0.4, -0.2) is 38.1 Å². The zero-order valence-corrected chi connectivity index (χ0v) is 12.9. The maximum atomic E-state index is 8.56. The molecule has 0 aromatic heterocycles. The number of aliphatic hydroxyl groups excluding tert-OH is 1. The van der Waals surface area contributed by atoms with Crippen LogP contribution in [0.25, 0.3) is 0 Å². The fourth-order valence-electron chi connectivity index (χ4n) is 1.53. The lowest BCUT2D eigenvalue weighted by atomic mass is 10.2. The fourth-order valence-corrected chi connectivity index (χ4v) is 2.07. The molecule has 0 saturated carbocycles. The van der Waals surface area contributed by atoms with Crippen molar-refractivity contribution >= 4 is 15.9 Å². The Morgan fingerprint density at radius 1 is 1.26 bits per heavy atom. The number of rotatable bonds is 10. The molecule has 108 valence electrons. The maximum absolute atomic E-state index is 8.56. The van der Waals surface area contributed by atoms with Crippen LogP contribution in [0.1, 0.15) is 18.9 Å². The SMILES string of the molecule is CCCOc1ccc(CNCCOCCO)cc1Br. The van der Waals surface area contributed by atoms with Gasteiger partial charge in [0.05, 0.1) is 30.9 Å². The minimum absolute atomic E-state index is 0.0756. The third-order valence-electron chi connectivity index (χ3n) is 2.45. The van der Waals surface area contributed by atoms with E-state index >= 15 is 0 Å². The average molecular weight is 332 g/mol. The van der Waals surface area contributed by atoms with Gasteiger partial charge in [-0.25, -0.2) is 0 Å². The van der Waals surface area contributed by atoms with Crippen molar-refractivity contribution in [2.45, 2.75) is 19.9 Å². The van der Waals surface area contributed by atoms with Gasteiger partial charge in [0.1, 0.15) is 5.75 Å². The quantitative estimate of drug-likeness (QED) is 0.646. The highest BCUT2D eigenvalue weighted by Crippen LogP contribution is 2.26. The third kappa shape index (κ3) is 6.92. The van der Waals surface area contributed by atoms with E-state index in [1.165, 1.54) is 5.56 Å². The van der Waals surface area contributed by atoms with Crippen molar-refractivity contribution in [2.75, 3.05) is 33.0 Å². The lowest BCUT2D eigenvalue weighted by Gasteiger charge is -2.10. The zero-order valence-electron chi connectivity index (χ0n) is 11.3. The molecule has 4 nitrogen and oxygen atoms in total. The second-order valence-corrected chi connectivity index (χ2v) is 4.98. The Hall–Kier alpha value is -0.620.